The van der Waals surface area contributed by atoms with Gasteiger partial charge in [0.15, 0.2) is 0 Å². The number of carbonyl (C=O) groups excluding carboxylic acids is 2. The predicted molar refractivity (Wildman–Crippen MR) is 77.9 cm³/mol. The molecule has 0 aromatic carbocycles. The second-order valence-corrected chi connectivity index (χ2v) is 7.58. The molecule has 1 saturated carbocycles. The number of nitrogens with one attached hydrogen (secondary N) is 2. The zero-order valence-electron chi connectivity index (χ0n) is 12.9. The monoisotopic (exact) mass is 320 g/mol. The SMILES string of the molecule is COC(=O)C1CCCC1S(=O)(=O)NC(C)C(=O)NC(C)C. The van der Waals surface area contributed by atoms with Crippen LogP contribution in [0, 0.1) is 5.92 Å². The van der Waals surface area contributed by atoms with Crippen molar-refractivity contribution >= 4 is 21.9 Å². The van der Waals surface area contributed by atoms with Gasteiger partial charge in [0.25, 0.3) is 0 Å². The lowest BCUT2D eigenvalue weighted by molar-refractivity contribution is -0.145. The van der Waals surface area contributed by atoms with Crippen molar-refractivity contribution in [3.8, 4) is 0 Å². The standard InChI is InChI=1S/C13H24N2O5S/c1-8(2)14-12(16)9(3)15-21(18,19)11-7-5-6-10(11)13(17)20-4/h8-11,15H,5-7H2,1-4H3,(H,14,16). The highest BCUT2D eigenvalue weighted by molar-refractivity contribution is 7.90. The number of esters is 1. The Kier molecular flexibility index (Phi) is 6.15. The van der Waals surface area contributed by atoms with E-state index in [0.29, 0.717) is 19.3 Å². The summed E-state index contributed by atoms with van der Waals surface area (Å²) in [6, 6.07) is -0.949. The second kappa shape index (κ2) is 7.22. The molecular weight excluding hydrogens is 296 g/mol. The molecule has 3 unspecified atom stereocenters. The van der Waals surface area contributed by atoms with E-state index in [-0.39, 0.29) is 11.9 Å². The molecule has 0 spiro atoms. The van der Waals surface area contributed by atoms with E-state index >= 15 is 0 Å². The van der Waals surface area contributed by atoms with Gasteiger partial charge in [0.2, 0.25) is 15.9 Å². The largest absolute Gasteiger partial charge is 0.469 e. The average molecular weight is 320 g/mol. The van der Waals surface area contributed by atoms with Crippen molar-refractivity contribution < 1.29 is 22.7 Å². The average Bonchev–Trinajstić information content (AvgIpc) is 2.86. The Morgan fingerprint density at radius 2 is 1.81 bits per heavy atom. The highest BCUT2D eigenvalue weighted by Gasteiger charge is 2.43. The van der Waals surface area contributed by atoms with E-state index in [9.17, 15) is 18.0 Å². The maximum Gasteiger partial charge on any atom is 0.310 e. The van der Waals surface area contributed by atoms with Gasteiger partial charge in [-0.1, -0.05) is 6.42 Å². The van der Waals surface area contributed by atoms with Crippen LogP contribution in [0.2, 0.25) is 0 Å². The number of carbonyl (C=O) groups is 2. The van der Waals surface area contributed by atoms with Crippen molar-refractivity contribution in [2.24, 2.45) is 5.92 Å². The Morgan fingerprint density at radius 3 is 2.33 bits per heavy atom. The van der Waals surface area contributed by atoms with E-state index in [1.54, 1.807) is 13.8 Å². The van der Waals surface area contributed by atoms with Crippen LogP contribution in [0.4, 0.5) is 0 Å². The fraction of sp³-hybridized carbons (Fsp3) is 0.846. The smallest absolute Gasteiger partial charge is 0.310 e. The summed E-state index contributed by atoms with van der Waals surface area (Å²) in [6.07, 6.45) is 1.54. The lowest BCUT2D eigenvalue weighted by Gasteiger charge is -2.21. The molecule has 0 bridgehead atoms. The summed E-state index contributed by atoms with van der Waals surface area (Å²) in [5.74, 6) is -1.56. The molecule has 1 fully saturated rings. The summed E-state index contributed by atoms with van der Waals surface area (Å²) < 4.78 is 31.7. The number of methoxy groups -OCH3 is 1. The minimum absolute atomic E-state index is 0.0706. The zero-order valence-corrected chi connectivity index (χ0v) is 13.7. The lowest BCUT2D eigenvalue weighted by Crippen LogP contribution is -2.50. The molecule has 1 aliphatic carbocycles. The minimum Gasteiger partial charge on any atom is -0.469 e. The molecular formula is C13H24N2O5S. The molecule has 1 aliphatic rings. The van der Waals surface area contributed by atoms with E-state index in [0.717, 1.165) is 0 Å². The summed E-state index contributed by atoms with van der Waals surface area (Å²) in [5.41, 5.74) is 0. The predicted octanol–water partition coefficient (Wildman–Crippen LogP) is 0.161. The molecule has 1 amide bonds. The van der Waals surface area contributed by atoms with Gasteiger partial charge in [-0.2, -0.15) is 0 Å². The number of amides is 1. The van der Waals surface area contributed by atoms with Gasteiger partial charge in [0.05, 0.1) is 24.3 Å². The molecule has 0 heterocycles. The fourth-order valence-electron chi connectivity index (χ4n) is 2.52. The van der Waals surface area contributed by atoms with E-state index in [2.05, 4.69) is 14.8 Å². The van der Waals surface area contributed by atoms with Crippen LogP contribution < -0.4 is 10.0 Å². The van der Waals surface area contributed by atoms with Gasteiger partial charge in [-0.25, -0.2) is 13.1 Å². The molecule has 3 atom stereocenters. The quantitative estimate of drug-likeness (QED) is 0.679. The van der Waals surface area contributed by atoms with Crippen LogP contribution in [0.25, 0.3) is 0 Å². The first-order valence-corrected chi connectivity index (χ1v) is 8.63. The van der Waals surface area contributed by atoms with E-state index in [1.807, 2.05) is 0 Å². The Bertz CT molecular complexity index is 489. The summed E-state index contributed by atoms with van der Waals surface area (Å²) in [7, 11) is -2.51. The van der Waals surface area contributed by atoms with Gasteiger partial charge >= 0.3 is 5.97 Å². The first-order chi connectivity index (χ1) is 9.69. The maximum atomic E-state index is 12.4. The van der Waals surface area contributed by atoms with Gasteiger partial charge < -0.3 is 10.1 Å². The van der Waals surface area contributed by atoms with Crippen LogP contribution >= 0.6 is 0 Å². The van der Waals surface area contributed by atoms with Crippen LogP contribution in [0.15, 0.2) is 0 Å². The molecule has 8 heteroatoms. The van der Waals surface area contributed by atoms with E-state index in [1.165, 1.54) is 14.0 Å². The zero-order chi connectivity index (χ0) is 16.2. The number of rotatable bonds is 6. The molecule has 0 aromatic heterocycles. The van der Waals surface area contributed by atoms with Crippen LogP contribution in [0.1, 0.15) is 40.0 Å². The van der Waals surface area contributed by atoms with Gasteiger partial charge in [0.1, 0.15) is 0 Å². The highest BCUT2D eigenvalue weighted by atomic mass is 32.2. The summed E-state index contributed by atoms with van der Waals surface area (Å²) in [6.45, 7) is 5.07. The van der Waals surface area contributed by atoms with Crippen LogP contribution in [0.5, 0.6) is 0 Å². The van der Waals surface area contributed by atoms with Crippen LogP contribution in [0.3, 0.4) is 0 Å². The maximum absolute atomic E-state index is 12.4. The summed E-state index contributed by atoms with van der Waals surface area (Å²) >= 11 is 0. The lowest BCUT2D eigenvalue weighted by atomic mass is 10.1. The molecule has 2 N–H and O–H groups in total. The van der Waals surface area contributed by atoms with Crippen molar-refractivity contribution in [3.63, 3.8) is 0 Å². The van der Waals surface area contributed by atoms with E-state index < -0.39 is 33.2 Å². The molecule has 0 saturated heterocycles. The van der Waals surface area contributed by atoms with Crippen molar-refractivity contribution in [2.75, 3.05) is 7.11 Å². The summed E-state index contributed by atoms with van der Waals surface area (Å²) in [5, 5.41) is 1.81. The highest BCUT2D eigenvalue weighted by Crippen LogP contribution is 2.31. The third-order valence-electron chi connectivity index (χ3n) is 3.52. The van der Waals surface area contributed by atoms with Gasteiger partial charge in [0, 0.05) is 6.04 Å². The van der Waals surface area contributed by atoms with Crippen molar-refractivity contribution in [1.29, 1.82) is 0 Å². The number of hydrogen-bond donors (Lipinski definition) is 2. The van der Waals surface area contributed by atoms with Gasteiger partial charge in [-0.05, 0) is 33.6 Å². The normalized spacial score (nSPS) is 23.9. The number of sulfonamides is 1. The molecule has 1 rings (SSSR count). The minimum atomic E-state index is -3.76. The van der Waals surface area contributed by atoms with Crippen molar-refractivity contribution in [3.05, 3.63) is 0 Å². The Morgan fingerprint density at radius 1 is 1.19 bits per heavy atom. The number of ether oxygens (including phenoxy) is 1. The van der Waals surface area contributed by atoms with Crippen LogP contribution in [-0.4, -0.2) is 44.7 Å². The molecule has 21 heavy (non-hydrogen) atoms. The molecule has 0 aliphatic heterocycles. The molecule has 0 aromatic rings. The van der Waals surface area contributed by atoms with Gasteiger partial charge in [-0.15, -0.1) is 0 Å². The first-order valence-electron chi connectivity index (χ1n) is 7.08. The van der Waals surface area contributed by atoms with Crippen molar-refractivity contribution in [1.82, 2.24) is 10.0 Å². The molecule has 122 valence electrons. The Labute approximate surface area is 125 Å². The summed E-state index contributed by atoms with van der Waals surface area (Å²) in [4.78, 5) is 23.4. The van der Waals surface area contributed by atoms with E-state index in [4.69, 9.17) is 0 Å². The molecule has 0 radical (unpaired) electrons. The third kappa shape index (κ3) is 4.67. The second-order valence-electron chi connectivity index (χ2n) is 5.65. The third-order valence-corrected chi connectivity index (χ3v) is 5.56. The van der Waals surface area contributed by atoms with Crippen molar-refractivity contribution in [2.45, 2.75) is 57.4 Å². The Balaban J connectivity index is 2.76. The first kappa shape index (κ1) is 17.9. The molecule has 7 nitrogen and oxygen atoms in total. The fourth-order valence-corrected chi connectivity index (χ4v) is 4.45. The Hall–Kier alpha value is -1.15. The topological polar surface area (TPSA) is 102 Å². The van der Waals surface area contributed by atoms with Gasteiger partial charge in [-0.3, -0.25) is 9.59 Å². The van der Waals surface area contributed by atoms with Crippen LogP contribution in [-0.2, 0) is 24.3 Å². The number of hydrogen-bond acceptors (Lipinski definition) is 5.